The van der Waals surface area contributed by atoms with Gasteiger partial charge in [-0.15, -0.1) is 0 Å². The maximum Gasteiger partial charge on any atom is 0.136 e. The average Bonchev–Trinajstić information content (AvgIpc) is 3.67. The lowest BCUT2D eigenvalue weighted by Crippen LogP contribution is -1.90. The van der Waals surface area contributed by atoms with Crippen molar-refractivity contribution in [3.8, 4) is 33.4 Å². The fraction of sp³-hybridized carbons (Fsp3) is 0. The molecule has 8 aromatic carbocycles. The Labute approximate surface area is 274 Å². The van der Waals surface area contributed by atoms with E-state index in [1.807, 2.05) is 0 Å². The minimum absolute atomic E-state index is 0.0812. The molecule has 0 amide bonds. The standard InChI is InChI=1S/C42H26O/c1-3-13-27(14-4-1)39-32-19-9-11-21-34(32)40(35-22-12-10-20-33(35)39)30-23-24-37-36(25-30)42-38(43-37)26-29-17-7-8-18-31(29)41(42)28-15-5-2-6-16-28/h1-26H/i1D,2D,3D,4D,5D,6D,7D,8D,13D,14D,15D,16D,17D,18D,23D,24D,25D,26D. The van der Waals surface area contributed by atoms with E-state index in [-0.39, 0.29) is 44.0 Å². The fourth-order valence-electron chi connectivity index (χ4n) is 5.86. The van der Waals surface area contributed by atoms with Crippen molar-refractivity contribution < 1.29 is 29.1 Å². The molecule has 1 aromatic heterocycles. The molecule has 1 nitrogen and oxygen atoms in total. The normalized spacial score (nSPS) is 17.6. The van der Waals surface area contributed by atoms with Crippen LogP contribution in [0.2, 0.25) is 0 Å². The summed E-state index contributed by atoms with van der Waals surface area (Å²) in [6.45, 7) is 0. The van der Waals surface area contributed by atoms with Crippen LogP contribution in [0.4, 0.5) is 0 Å². The summed E-state index contributed by atoms with van der Waals surface area (Å²) in [7, 11) is 0. The molecule has 1 heterocycles. The number of fused-ring (bicyclic) bond motifs is 6. The van der Waals surface area contributed by atoms with E-state index < -0.39 is 131 Å². The summed E-state index contributed by atoms with van der Waals surface area (Å²) in [4.78, 5) is 0. The third kappa shape index (κ3) is 3.65. The summed E-state index contributed by atoms with van der Waals surface area (Å²) in [5.74, 6) is 0. The van der Waals surface area contributed by atoms with Crippen molar-refractivity contribution in [2.24, 2.45) is 0 Å². The smallest absolute Gasteiger partial charge is 0.136 e. The van der Waals surface area contributed by atoms with E-state index in [1.54, 1.807) is 48.5 Å². The summed E-state index contributed by atoms with van der Waals surface area (Å²) in [5.41, 5.74) is -1.38. The summed E-state index contributed by atoms with van der Waals surface area (Å²) >= 11 is 0. The largest absolute Gasteiger partial charge is 0.456 e. The number of rotatable bonds is 3. The summed E-state index contributed by atoms with van der Waals surface area (Å²) in [6.07, 6.45) is 0. The van der Waals surface area contributed by atoms with Gasteiger partial charge in [0.05, 0.1) is 24.7 Å². The molecule has 0 N–H and O–H groups in total. The first-order chi connectivity index (χ1) is 28.8. The Morgan fingerprint density at radius 2 is 0.930 bits per heavy atom. The quantitative estimate of drug-likeness (QED) is 0.195. The second-order valence-corrected chi connectivity index (χ2v) is 9.85. The molecule has 1 heteroatoms. The number of hydrogen-bond acceptors (Lipinski definition) is 1. The van der Waals surface area contributed by atoms with Crippen molar-refractivity contribution in [2.75, 3.05) is 0 Å². The van der Waals surface area contributed by atoms with Crippen molar-refractivity contribution in [3.05, 3.63) is 157 Å². The fourth-order valence-corrected chi connectivity index (χ4v) is 5.86. The molecule has 0 saturated heterocycles. The van der Waals surface area contributed by atoms with Crippen molar-refractivity contribution in [3.63, 3.8) is 0 Å². The van der Waals surface area contributed by atoms with Gasteiger partial charge in [-0.2, -0.15) is 0 Å². The van der Waals surface area contributed by atoms with Crippen LogP contribution in [-0.4, -0.2) is 0 Å². The van der Waals surface area contributed by atoms with Gasteiger partial charge in [-0.25, -0.2) is 0 Å². The topological polar surface area (TPSA) is 13.1 Å². The lowest BCUT2D eigenvalue weighted by Gasteiger charge is -2.17. The molecule has 200 valence electrons. The summed E-state index contributed by atoms with van der Waals surface area (Å²) in [5, 5.41) is 0.222. The molecule has 43 heavy (non-hydrogen) atoms. The first kappa shape index (κ1) is 12.3. The van der Waals surface area contributed by atoms with Crippen molar-refractivity contribution in [1.29, 1.82) is 0 Å². The van der Waals surface area contributed by atoms with Gasteiger partial charge in [0.15, 0.2) is 0 Å². The van der Waals surface area contributed by atoms with Crippen LogP contribution in [0.15, 0.2) is 162 Å². The lowest BCUT2D eigenvalue weighted by atomic mass is 9.85. The van der Waals surface area contributed by atoms with Crippen LogP contribution in [0.5, 0.6) is 0 Å². The van der Waals surface area contributed by atoms with Gasteiger partial charge in [-0.3, -0.25) is 0 Å². The van der Waals surface area contributed by atoms with E-state index in [2.05, 4.69) is 0 Å². The van der Waals surface area contributed by atoms with E-state index in [0.717, 1.165) is 0 Å². The van der Waals surface area contributed by atoms with Gasteiger partial charge in [-0.1, -0.05) is 139 Å². The Morgan fingerprint density at radius 1 is 0.395 bits per heavy atom. The van der Waals surface area contributed by atoms with E-state index in [0.29, 0.717) is 21.5 Å². The van der Waals surface area contributed by atoms with Crippen LogP contribution in [-0.2, 0) is 0 Å². The molecule has 9 rings (SSSR count). The highest BCUT2D eigenvalue weighted by Gasteiger charge is 2.20. The Balaban J connectivity index is 1.55. The van der Waals surface area contributed by atoms with Gasteiger partial charge in [0.1, 0.15) is 11.2 Å². The van der Waals surface area contributed by atoms with Gasteiger partial charge >= 0.3 is 0 Å². The van der Waals surface area contributed by atoms with Crippen molar-refractivity contribution in [1.82, 2.24) is 0 Å². The van der Waals surface area contributed by atoms with Gasteiger partial charge in [-0.05, 0) is 78.3 Å². The molecule has 0 saturated carbocycles. The number of furan rings is 1. The highest BCUT2D eigenvalue weighted by Crippen LogP contribution is 2.46. The van der Waals surface area contributed by atoms with Crippen molar-refractivity contribution in [2.45, 2.75) is 0 Å². The van der Waals surface area contributed by atoms with Crippen molar-refractivity contribution >= 4 is 54.3 Å². The molecule has 0 bridgehead atoms. The average molecular weight is 565 g/mol. The van der Waals surface area contributed by atoms with E-state index in [1.165, 1.54) is 0 Å². The minimum atomic E-state index is -0.764. The Hall–Kier alpha value is -5.66. The summed E-state index contributed by atoms with van der Waals surface area (Å²) in [6, 6.07) is 2.10. The Kier molecular flexibility index (Phi) is 2.70. The molecule has 0 unspecified atom stereocenters. The van der Waals surface area contributed by atoms with Gasteiger partial charge < -0.3 is 4.42 Å². The molecule has 0 aliphatic rings. The van der Waals surface area contributed by atoms with Gasteiger partial charge in [0.2, 0.25) is 0 Å². The zero-order chi connectivity index (χ0) is 44.0. The molecule has 0 spiro atoms. The highest BCUT2D eigenvalue weighted by molar-refractivity contribution is 6.24. The van der Waals surface area contributed by atoms with E-state index in [4.69, 9.17) is 23.6 Å². The third-order valence-electron chi connectivity index (χ3n) is 7.57. The lowest BCUT2D eigenvalue weighted by molar-refractivity contribution is 0.669. The number of benzene rings is 8. The van der Waals surface area contributed by atoms with Crippen LogP contribution in [0.25, 0.3) is 87.6 Å². The second-order valence-electron chi connectivity index (χ2n) is 9.85. The Morgan fingerprint density at radius 3 is 1.56 bits per heavy atom. The first-order valence-electron chi connectivity index (χ1n) is 22.3. The molecule has 0 atom stereocenters. The molecule has 0 aliphatic heterocycles. The molecule has 0 fully saturated rings. The van der Waals surface area contributed by atoms with Crippen LogP contribution < -0.4 is 0 Å². The van der Waals surface area contributed by atoms with Crippen LogP contribution in [0.1, 0.15) is 24.7 Å². The van der Waals surface area contributed by atoms with Gasteiger partial charge in [0, 0.05) is 16.3 Å². The highest BCUT2D eigenvalue weighted by atomic mass is 16.3. The molecular formula is C42H26O. The predicted molar refractivity (Wildman–Crippen MR) is 183 cm³/mol. The molecule has 0 radical (unpaired) electrons. The maximum absolute atomic E-state index is 9.96. The monoisotopic (exact) mass is 564 g/mol. The van der Waals surface area contributed by atoms with Gasteiger partial charge in [0.25, 0.3) is 0 Å². The maximum atomic E-state index is 9.96. The van der Waals surface area contributed by atoms with E-state index in [9.17, 15) is 5.48 Å². The molecular weight excluding hydrogens is 520 g/mol. The third-order valence-corrected chi connectivity index (χ3v) is 7.57. The molecule has 9 aromatic rings. The second kappa shape index (κ2) is 9.44. The predicted octanol–water partition coefficient (Wildman–Crippen LogP) is 12.0. The number of hydrogen-bond donors (Lipinski definition) is 0. The zero-order valence-corrected chi connectivity index (χ0v) is 22.0. The van der Waals surface area contributed by atoms with Crippen LogP contribution in [0.3, 0.4) is 0 Å². The molecule has 0 aliphatic carbocycles. The minimum Gasteiger partial charge on any atom is -0.456 e. The summed E-state index contributed by atoms with van der Waals surface area (Å²) < 4.78 is 165. The SMILES string of the molecule is [2H]c1c([2H])c([2H])c(-c2c3ccccc3c(-c3c([2H])c([2H])c4oc5c([2H])c6c([2H])c([2H])c([2H])c([2H])c6c(-c6c([2H])c([2H])c([2H])c([2H])c6[2H])c5c4c3[2H])c3ccccc23)c([2H])c1[2H]. The van der Waals surface area contributed by atoms with E-state index >= 15 is 0 Å². The zero-order valence-electron chi connectivity index (χ0n) is 40.0. The first-order valence-corrected chi connectivity index (χ1v) is 13.3. The Bertz CT molecular complexity index is 3400. The van der Waals surface area contributed by atoms with Crippen LogP contribution >= 0.6 is 0 Å². The van der Waals surface area contributed by atoms with Crippen LogP contribution in [0, 0.1) is 0 Å².